The van der Waals surface area contributed by atoms with Gasteiger partial charge in [-0.05, 0) is 25.3 Å². The lowest BCUT2D eigenvalue weighted by Crippen LogP contribution is -2.18. The molecule has 0 saturated heterocycles. The molecule has 4 rings (SSSR count). The molecule has 2 aromatic carbocycles. The molecule has 3 aromatic rings. The van der Waals surface area contributed by atoms with Crippen molar-refractivity contribution in [3.05, 3.63) is 58.1 Å². The second-order valence-electron chi connectivity index (χ2n) is 6.05. The topological polar surface area (TPSA) is 112 Å². The fraction of sp³-hybridized carbons (Fsp3) is 0.211. The van der Waals surface area contributed by atoms with Crippen LogP contribution in [0.2, 0.25) is 0 Å². The number of nitro benzene ring substituents is 1. The van der Waals surface area contributed by atoms with E-state index in [0.29, 0.717) is 34.7 Å². The van der Waals surface area contributed by atoms with Crippen LogP contribution < -0.4 is 14.8 Å². The molecule has 148 valence electrons. The molecule has 1 aromatic heterocycles. The Labute approximate surface area is 170 Å². The van der Waals surface area contributed by atoms with Crippen LogP contribution in [0.3, 0.4) is 0 Å². The molecular formula is C19H17N5O4S. The third-order valence-corrected chi connectivity index (χ3v) is 4.84. The smallest absolute Gasteiger partial charge is 0.270 e. The second-order valence-corrected chi connectivity index (χ2v) is 6.83. The van der Waals surface area contributed by atoms with E-state index < -0.39 is 11.2 Å². The summed E-state index contributed by atoms with van der Waals surface area (Å²) in [6, 6.07) is 11.9. The van der Waals surface area contributed by atoms with Crippen molar-refractivity contribution in [1.82, 2.24) is 15.2 Å². The lowest BCUT2D eigenvalue weighted by atomic mass is 10.1. The molecule has 0 fully saturated rings. The maximum absolute atomic E-state index is 11.3. The summed E-state index contributed by atoms with van der Waals surface area (Å²) in [6.45, 7) is 2.25. The first-order valence-electron chi connectivity index (χ1n) is 8.83. The zero-order valence-corrected chi connectivity index (χ0v) is 16.5. The van der Waals surface area contributed by atoms with Crippen molar-refractivity contribution in [2.75, 3.05) is 18.2 Å². The Morgan fingerprint density at radius 3 is 2.86 bits per heavy atom. The van der Waals surface area contributed by atoms with Crippen molar-refractivity contribution in [2.24, 2.45) is 0 Å². The molecule has 0 radical (unpaired) electrons. The van der Waals surface area contributed by atoms with Crippen molar-refractivity contribution < 1.29 is 14.4 Å². The Balaban J connectivity index is 1.88. The number of anilines is 1. The number of thioether (sulfide) groups is 1. The van der Waals surface area contributed by atoms with Crippen molar-refractivity contribution in [3.8, 4) is 22.9 Å². The number of aromatic nitrogens is 3. The number of nitro groups is 1. The van der Waals surface area contributed by atoms with Gasteiger partial charge in [-0.15, -0.1) is 10.2 Å². The number of non-ortho nitro benzene ring substituents is 1. The number of hydrogen-bond acceptors (Lipinski definition) is 9. The minimum Gasteiger partial charge on any atom is -0.493 e. The van der Waals surface area contributed by atoms with Crippen LogP contribution in [0.25, 0.3) is 11.3 Å². The molecule has 0 saturated carbocycles. The molecule has 1 aliphatic heterocycles. The highest BCUT2D eigenvalue weighted by atomic mass is 32.2. The van der Waals surface area contributed by atoms with E-state index >= 15 is 0 Å². The summed E-state index contributed by atoms with van der Waals surface area (Å²) in [6.07, 6.45) is 1.07. The Kier molecular flexibility index (Phi) is 5.17. The van der Waals surface area contributed by atoms with Gasteiger partial charge in [-0.2, -0.15) is 4.98 Å². The molecule has 0 aliphatic carbocycles. The second kappa shape index (κ2) is 7.92. The number of hydrogen-bond donors (Lipinski definition) is 1. The summed E-state index contributed by atoms with van der Waals surface area (Å²) in [4.78, 5) is 15.3. The van der Waals surface area contributed by atoms with Crippen molar-refractivity contribution in [1.29, 1.82) is 0 Å². The SMILES string of the molecule is CCOc1ccc([N+](=O)[O-])cc1C1Nc2ccccc2-c2nnc(SC)nc2O1. The maximum Gasteiger partial charge on any atom is 0.270 e. The van der Waals surface area contributed by atoms with Crippen molar-refractivity contribution >= 4 is 23.1 Å². The molecular weight excluding hydrogens is 394 g/mol. The molecule has 1 unspecified atom stereocenters. The van der Waals surface area contributed by atoms with Gasteiger partial charge >= 0.3 is 0 Å². The maximum atomic E-state index is 11.3. The molecule has 2 heterocycles. The van der Waals surface area contributed by atoms with E-state index in [9.17, 15) is 10.1 Å². The highest BCUT2D eigenvalue weighted by Crippen LogP contribution is 2.41. The number of nitrogens with zero attached hydrogens (tertiary/aromatic N) is 4. The summed E-state index contributed by atoms with van der Waals surface area (Å²) >= 11 is 1.35. The van der Waals surface area contributed by atoms with Gasteiger partial charge in [0.05, 0.1) is 17.1 Å². The van der Waals surface area contributed by atoms with Crippen LogP contribution in [-0.2, 0) is 0 Å². The van der Waals surface area contributed by atoms with E-state index in [1.807, 2.05) is 37.4 Å². The average Bonchev–Trinajstić information content (AvgIpc) is 2.90. The van der Waals surface area contributed by atoms with Gasteiger partial charge in [0.1, 0.15) is 5.75 Å². The van der Waals surface area contributed by atoms with Crippen LogP contribution in [0.15, 0.2) is 47.6 Å². The van der Waals surface area contributed by atoms with E-state index in [4.69, 9.17) is 9.47 Å². The van der Waals surface area contributed by atoms with Crippen molar-refractivity contribution in [3.63, 3.8) is 0 Å². The fourth-order valence-electron chi connectivity index (χ4n) is 3.02. The summed E-state index contributed by atoms with van der Waals surface area (Å²) in [5.41, 5.74) is 2.46. The molecule has 9 nitrogen and oxygen atoms in total. The average molecular weight is 411 g/mol. The Morgan fingerprint density at radius 1 is 1.28 bits per heavy atom. The van der Waals surface area contributed by atoms with Crippen molar-refractivity contribution in [2.45, 2.75) is 18.3 Å². The minimum absolute atomic E-state index is 0.0581. The largest absolute Gasteiger partial charge is 0.493 e. The number of fused-ring (bicyclic) bond motifs is 3. The molecule has 10 heteroatoms. The minimum atomic E-state index is -0.773. The summed E-state index contributed by atoms with van der Waals surface area (Å²) in [5, 5.41) is 23.5. The van der Waals surface area contributed by atoms with Gasteiger partial charge in [0.15, 0.2) is 5.69 Å². The Morgan fingerprint density at radius 2 is 2.10 bits per heavy atom. The molecule has 1 atom stereocenters. The van der Waals surface area contributed by atoms with E-state index in [-0.39, 0.29) is 5.69 Å². The zero-order chi connectivity index (χ0) is 20.4. The van der Waals surface area contributed by atoms with Crippen LogP contribution in [0, 0.1) is 10.1 Å². The predicted molar refractivity (Wildman–Crippen MR) is 108 cm³/mol. The zero-order valence-electron chi connectivity index (χ0n) is 15.7. The Hall–Kier alpha value is -3.40. The van der Waals surface area contributed by atoms with E-state index in [1.54, 1.807) is 6.07 Å². The molecule has 1 N–H and O–H groups in total. The molecule has 0 spiro atoms. The number of rotatable bonds is 5. The number of benzene rings is 2. The molecule has 1 aliphatic rings. The van der Waals surface area contributed by atoms with Gasteiger partial charge in [0.2, 0.25) is 17.3 Å². The summed E-state index contributed by atoms with van der Waals surface area (Å²) in [5.74, 6) is 0.782. The van der Waals surface area contributed by atoms with Gasteiger partial charge < -0.3 is 14.8 Å². The highest BCUT2D eigenvalue weighted by molar-refractivity contribution is 7.98. The molecule has 0 amide bonds. The number of para-hydroxylation sites is 1. The first-order valence-corrected chi connectivity index (χ1v) is 10.1. The monoisotopic (exact) mass is 411 g/mol. The Bertz CT molecular complexity index is 1080. The van der Waals surface area contributed by atoms with Gasteiger partial charge in [0.25, 0.3) is 5.69 Å². The highest BCUT2D eigenvalue weighted by Gasteiger charge is 2.29. The van der Waals surface area contributed by atoms with Crippen LogP contribution >= 0.6 is 11.8 Å². The number of ether oxygens (including phenoxy) is 2. The van der Waals surface area contributed by atoms with Gasteiger partial charge in [0, 0.05) is 23.4 Å². The van der Waals surface area contributed by atoms with Crippen LogP contribution in [0.4, 0.5) is 11.4 Å². The lowest BCUT2D eigenvalue weighted by Gasteiger charge is -2.21. The van der Waals surface area contributed by atoms with Gasteiger partial charge in [-0.25, -0.2) is 0 Å². The quantitative estimate of drug-likeness (QED) is 0.377. The van der Waals surface area contributed by atoms with Gasteiger partial charge in [-0.1, -0.05) is 30.0 Å². The summed E-state index contributed by atoms with van der Waals surface area (Å²) in [7, 11) is 0. The summed E-state index contributed by atoms with van der Waals surface area (Å²) < 4.78 is 11.8. The van der Waals surface area contributed by atoms with Crippen LogP contribution in [-0.4, -0.2) is 33.0 Å². The molecule has 0 bridgehead atoms. The first-order chi connectivity index (χ1) is 14.1. The van der Waals surface area contributed by atoms with E-state index in [2.05, 4.69) is 20.5 Å². The lowest BCUT2D eigenvalue weighted by molar-refractivity contribution is -0.385. The molecule has 29 heavy (non-hydrogen) atoms. The van der Waals surface area contributed by atoms with E-state index in [0.717, 1.165) is 11.3 Å². The third kappa shape index (κ3) is 3.66. The van der Waals surface area contributed by atoms with Crippen LogP contribution in [0.5, 0.6) is 11.6 Å². The third-order valence-electron chi connectivity index (χ3n) is 4.30. The predicted octanol–water partition coefficient (Wildman–Crippen LogP) is 4.07. The number of nitrogens with one attached hydrogen (secondary N) is 1. The normalized spacial score (nSPS) is 14.6. The van der Waals surface area contributed by atoms with Crippen LogP contribution in [0.1, 0.15) is 18.7 Å². The standard InChI is InChI=1S/C19H17N5O4S/c1-3-27-15-9-8-11(24(25)26)10-13(15)17-20-14-7-5-4-6-12(14)16-18(28-17)21-19(29-2)23-22-16/h4-10,17,20H,3H2,1-2H3. The fourth-order valence-corrected chi connectivity index (χ4v) is 3.31. The first kappa shape index (κ1) is 18.9. The van der Waals surface area contributed by atoms with Gasteiger partial charge in [-0.3, -0.25) is 10.1 Å². The van der Waals surface area contributed by atoms with E-state index in [1.165, 1.54) is 23.9 Å².